The van der Waals surface area contributed by atoms with Crippen LogP contribution >= 0.6 is 11.3 Å². The molecule has 3 aromatic rings. The lowest BCUT2D eigenvalue weighted by Crippen LogP contribution is -2.22. The number of rotatable bonds is 6. The second kappa shape index (κ2) is 7.82. The van der Waals surface area contributed by atoms with Crippen LogP contribution in [0.5, 0.6) is 23.0 Å². The quantitative estimate of drug-likeness (QED) is 0.679. The number of carbonyl (C=O) groups is 1. The molecule has 1 aliphatic rings. The maximum atomic E-state index is 12.6. The lowest BCUT2D eigenvalue weighted by molar-refractivity contribution is 0.0954. The van der Waals surface area contributed by atoms with E-state index >= 15 is 0 Å². The number of nitrogens with one attached hydrogen (secondary N) is 1. The minimum Gasteiger partial charge on any atom is -0.497 e. The van der Waals surface area contributed by atoms with Crippen molar-refractivity contribution in [3.63, 3.8) is 0 Å². The van der Waals surface area contributed by atoms with Gasteiger partial charge in [0.05, 0.1) is 19.1 Å². The maximum absolute atomic E-state index is 12.6. The van der Waals surface area contributed by atoms with Gasteiger partial charge in [-0.2, -0.15) is 0 Å². The SMILES string of the molecule is COc1ccc(CNC(=O)c2ccc(-c3ccc4c(c3)OCO4)s2)c(OC)c1. The fraction of sp³-hybridized carbons (Fsp3) is 0.190. The van der Waals surface area contributed by atoms with Gasteiger partial charge in [-0.05, 0) is 48.0 Å². The lowest BCUT2D eigenvalue weighted by atomic mass is 10.1. The zero-order valence-corrected chi connectivity index (χ0v) is 16.3. The van der Waals surface area contributed by atoms with Crippen LogP contribution in [0.4, 0.5) is 0 Å². The molecule has 6 nitrogen and oxygen atoms in total. The van der Waals surface area contributed by atoms with Gasteiger partial charge in [-0.1, -0.05) is 0 Å². The van der Waals surface area contributed by atoms with Gasteiger partial charge in [-0.25, -0.2) is 0 Å². The van der Waals surface area contributed by atoms with Crippen molar-refractivity contribution in [1.82, 2.24) is 5.32 Å². The molecule has 2 heterocycles. The minimum absolute atomic E-state index is 0.130. The van der Waals surface area contributed by atoms with E-state index in [2.05, 4.69) is 5.32 Å². The van der Waals surface area contributed by atoms with Gasteiger partial charge < -0.3 is 24.3 Å². The Labute approximate surface area is 166 Å². The van der Waals surface area contributed by atoms with Crippen molar-refractivity contribution in [2.75, 3.05) is 21.0 Å². The first kappa shape index (κ1) is 18.2. The zero-order chi connectivity index (χ0) is 19.5. The molecule has 4 rings (SSSR count). The first-order valence-corrected chi connectivity index (χ1v) is 9.48. The average Bonchev–Trinajstić information content (AvgIpc) is 3.40. The van der Waals surface area contributed by atoms with E-state index in [-0.39, 0.29) is 12.7 Å². The van der Waals surface area contributed by atoms with Gasteiger partial charge >= 0.3 is 0 Å². The summed E-state index contributed by atoms with van der Waals surface area (Å²) in [7, 11) is 3.20. The third-order valence-electron chi connectivity index (χ3n) is 4.42. The van der Waals surface area contributed by atoms with E-state index in [1.54, 1.807) is 20.3 Å². The molecule has 0 spiro atoms. The number of thiophene rings is 1. The molecule has 0 radical (unpaired) electrons. The fourth-order valence-corrected chi connectivity index (χ4v) is 3.84. The Morgan fingerprint density at radius 1 is 1.04 bits per heavy atom. The van der Waals surface area contributed by atoms with Crippen molar-refractivity contribution in [2.45, 2.75) is 6.54 Å². The largest absolute Gasteiger partial charge is 0.497 e. The number of carbonyl (C=O) groups excluding carboxylic acids is 1. The molecule has 0 atom stereocenters. The summed E-state index contributed by atoms with van der Waals surface area (Å²) in [6.07, 6.45) is 0. The Hall–Kier alpha value is -3.19. The topological polar surface area (TPSA) is 66.0 Å². The third kappa shape index (κ3) is 3.61. The molecule has 0 aliphatic carbocycles. The summed E-state index contributed by atoms with van der Waals surface area (Å²) in [5.41, 5.74) is 1.87. The molecular formula is C21H19NO5S. The van der Waals surface area contributed by atoms with Gasteiger partial charge in [0.2, 0.25) is 6.79 Å². The van der Waals surface area contributed by atoms with Crippen molar-refractivity contribution < 1.29 is 23.7 Å². The molecule has 1 aromatic heterocycles. The van der Waals surface area contributed by atoms with Crippen LogP contribution in [0.2, 0.25) is 0 Å². The second-order valence-electron chi connectivity index (χ2n) is 6.09. The summed E-state index contributed by atoms with van der Waals surface area (Å²) in [5, 5.41) is 2.94. The summed E-state index contributed by atoms with van der Waals surface area (Å²) in [5.74, 6) is 2.72. The number of ether oxygens (including phenoxy) is 4. The van der Waals surface area contributed by atoms with Crippen LogP contribution in [-0.4, -0.2) is 26.9 Å². The van der Waals surface area contributed by atoms with Crippen LogP contribution in [-0.2, 0) is 6.54 Å². The van der Waals surface area contributed by atoms with E-state index in [9.17, 15) is 4.79 Å². The Kier molecular flexibility index (Phi) is 5.08. The van der Waals surface area contributed by atoms with Crippen LogP contribution in [0, 0.1) is 0 Å². The summed E-state index contributed by atoms with van der Waals surface area (Å²) in [4.78, 5) is 14.2. The highest BCUT2D eigenvalue weighted by Crippen LogP contribution is 2.38. The molecular weight excluding hydrogens is 378 g/mol. The van der Waals surface area contributed by atoms with Crippen molar-refractivity contribution in [2.24, 2.45) is 0 Å². The standard InChI is InChI=1S/C21H19NO5S/c1-24-15-5-3-14(17(10-15)25-2)11-22-21(23)20-8-7-19(28-20)13-4-6-16-18(9-13)27-12-26-16/h3-10H,11-12H2,1-2H3,(H,22,23). The smallest absolute Gasteiger partial charge is 0.261 e. The first-order valence-electron chi connectivity index (χ1n) is 8.67. The Bertz CT molecular complexity index is 1010. The number of benzene rings is 2. The molecule has 1 N–H and O–H groups in total. The Balaban J connectivity index is 1.45. The van der Waals surface area contributed by atoms with Crippen molar-refractivity contribution in [3.8, 4) is 33.4 Å². The fourth-order valence-electron chi connectivity index (χ4n) is 2.93. The van der Waals surface area contributed by atoms with Crippen LogP contribution in [0.3, 0.4) is 0 Å². The van der Waals surface area contributed by atoms with Gasteiger partial charge in [0.15, 0.2) is 11.5 Å². The molecule has 0 saturated heterocycles. The van der Waals surface area contributed by atoms with Crippen LogP contribution in [0.15, 0.2) is 48.5 Å². The predicted octanol–water partition coefficient (Wildman–Crippen LogP) is 4.09. The lowest BCUT2D eigenvalue weighted by Gasteiger charge is -2.11. The van der Waals surface area contributed by atoms with Gasteiger partial charge in [0.1, 0.15) is 11.5 Å². The van der Waals surface area contributed by atoms with E-state index in [1.165, 1.54) is 11.3 Å². The van der Waals surface area contributed by atoms with Gasteiger partial charge in [-0.3, -0.25) is 4.79 Å². The van der Waals surface area contributed by atoms with Gasteiger partial charge in [-0.15, -0.1) is 11.3 Å². The van der Waals surface area contributed by atoms with Crippen LogP contribution in [0.1, 0.15) is 15.2 Å². The molecule has 0 saturated carbocycles. The molecule has 28 heavy (non-hydrogen) atoms. The third-order valence-corrected chi connectivity index (χ3v) is 5.55. The number of fused-ring (bicyclic) bond motifs is 1. The molecule has 2 aromatic carbocycles. The summed E-state index contributed by atoms with van der Waals surface area (Å²) >= 11 is 1.43. The molecule has 7 heteroatoms. The number of amides is 1. The Morgan fingerprint density at radius 2 is 1.89 bits per heavy atom. The van der Waals surface area contributed by atoms with Gasteiger partial charge in [0.25, 0.3) is 5.91 Å². The second-order valence-corrected chi connectivity index (χ2v) is 7.18. The van der Waals surface area contributed by atoms with Crippen LogP contribution < -0.4 is 24.3 Å². The Morgan fingerprint density at radius 3 is 2.71 bits per heavy atom. The molecule has 0 bridgehead atoms. The van der Waals surface area contributed by atoms with E-state index in [4.69, 9.17) is 18.9 Å². The number of hydrogen-bond acceptors (Lipinski definition) is 6. The highest BCUT2D eigenvalue weighted by molar-refractivity contribution is 7.17. The minimum atomic E-state index is -0.130. The van der Waals surface area contributed by atoms with E-state index < -0.39 is 0 Å². The number of methoxy groups -OCH3 is 2. The van der Waals surface area contributed by atoms with Crippen LogP contribution in [0.25, 0.3) is 10.4 Å². The summed E-state index contributed by atoms with van der Waals surface area (Å²) < 4.78 is 21.3. The van der Waals surface area contributed by atoms with Gasteiger partial charge in [0, 0.05) is 23.1 Å². The predicted molar refractivity (Wildman–Crippen MR) is 107 cm³/mol. The summed E-state index contributed by atoms with van der Waals surface area (Å²) in [6, 6.07) is 15.0. The highest BCUT2D eigenvalue weighted by atomic mass is 32.1. The maximum Gasteiger partial charge on any atom is 0.261 e. The van der Waals surface area contributed by atoms with Crippen molar-refractivity contribution in [1.29, 1.82) is 0 Å². The van der Waals surface area contributed by atoms with E-state index in [1.807, 2.05) is 42.5 Å². The normalized spacial score (nSPS) is 11.9. The molecule has 0 fully saturated rings. The summed E-state index contributed by atoms with van der Waals surface area (Å²) in [6.45, 7) is 0.606. The van der Waals surface area contributed by atoms with E-state index in [0.29, 0.717) is 22.9 Å². The average molecular weight is 397 g/mol. The molecule has 0 unspecified atom stereocenters. The van der Waals surface area contributed by atoms with E-state index in [0.717, 1.165) is 27.5 Å². The monoisotopic (exact) mass is 397 g/mol. The number of hydrogen-bond donors (Lipinski definition) is 1. The van der Waals surface area contributed by atoms with Crippen molar-refractivity contribution >= 4 is 17.2 Å². The zero-order valence-electron chi connectivity index (χ0n) is 15.5. The van der Waals surface area contributed by atoms with Crippen molar-refractivity contribution in [3.05, 3.63) is 59.0 Å². The first-order chi connectivity index (χ1) is 13.7. The molecule has 1 amide bonds. The highest BCUT2D eigenvalue weighted by Gasteiger charge is 2.16. The molecule has 1 aliphatic heterocycles. The molecule has 144 valence electrons.